The third-order valence-corrected chi connectivity index (χ3v) is 1.24. The summed E-state index contributed by atoms with van der Waals surface area (Å²) in [4.78, 5) is 10.9. The summed E-state index contributed by atoms with van der Waals surface area (Å²) in [5.74, 6) is -0.00953. The first-order valence-corrected chi connectivity index (χ1v) is 4.08. The lowest BCUT2D eigenvalue weighted by atomic mass is 10.2. The molecule has 0 saturated heterocycles. The van der Waals surface area contributed by atoms with Crippen molar-refractivity contribution in [3.05, 3.63) is 0 Å². The van der Waals surface area contributed by atoms with Gasteiger partial charge in [-0.3, -0.25) is 5.32 Å². The number of amides is 1. The van der Waals surface area contributed by atoms with Gasteiger partial charge >= 0.3 is 6.09 Å². The third kappa shape index (κ3) is 4.96. The van der Waals surface area contributed by atoms with E-state index in [-0.39, 0.29) is 12.0 Å². The first kappa shape index (κ1) is 11.2. The van der Waals surface area contributed by atoms with Crippen LogP contribution in [0.1, 0.15) is 27.7 Å². The van der Waals surface area contributed by atoms with E-state index in [0.29, 0.717) is 0 Å². The lowest BCUT2D eigenvalue weighted by molar-refractivity contribution is 0.0608. The van der Waals surface area contributed by atoms with Gasteiger partial charge in [-0.2, -0.15) is 0 Å². The first-order chi connectivity index (χ1) is 5.43. The van der Waals surface area contributed by atoms with E-state index in [1.807, 2.05) is 0 Å². The fourth-order valence-corrected chi connectivity index (χ4v) is 0.536. The Morgan fingerprint density at radius 3 is 2.17 bits per heavy atom. The Morgan fingerprint density at radius 1 is 1.33 bits per heavy atom. The number of carbonyl (C=O) groups excluding carboxylic acids is 1. The Morgan fingerprint density at radius 2 is 1.83 bits per heavy atom. The normalized spacial score (nSPS) is 13.2. The standard InChI is InChI=1S/C8H17NO3/c1-5(2)7(10)9-8(11)12-6(3)4/h5-7,10H,1-4H3,(H,9,11). The zero-order valence-corrected chi connectivity index (χ0v) is 8.00. The average molecular weight is 175 g/mol. The summed E-state index contributed by atoms with van der Waals surface area (Å²) >= 11 is 0. The van der Waals surface area contributed by atoms with Gasteiger partial charge in [0.2, 0.25) is 0 Å². The van der Waals surface area contributed by atoms with Gasteiger partial charge in [0.05, 0.1) is 6.10 Å². The van der Waals surface area contributed by atoms with E-state index in [2.05, 4.69) is 5.32 Å². The zero-order chi connectivity index (χ0) is 9.72. The molecule has 0 aliphatic heterocycles. The molecule has 4 nitrogen and oxygen atoms in total. The number of aliphatic hydroxyl groups excluding tert-OH is 1. The molecule has 72 valence electrons. The Kier molecular flexibility index (Phi) is 4.66. The van der Waals surface area contributed by atoms with E-state index in [1.54, 1.807) is 27.7 Å². The molecular formula is C8H17NO3. The molecule has 0 aliphatic rings. The van der Waals surface area contributed by atoms with E-state index < -0.39 is 12.3 Å². The molecule has 0 aromatic carbocycles. The molecule has 0 spiro atoms. The second-order valence-corrected chi connectivity index (χ2v) is 3.29. The lowest BCUT2D eigenvalue weighted by Gasteiger charge is -2.16. The van der Waals surface area contributed by atoms with Crippen molar-refractivity contribution in [2.45, 2.75) is 40.0 Å². The highest BCUT2D eigenvalue weighted by atomic mass is 16.6. The van der Waals surface area contributed by atoms with E-state index in [9.17, 15) is 9.90 Å². The van der Waals surface area contributed by atoms with Crippen LogP contribution in [0.4, 0.5) is 4.79 Å². The van der Waals surface area contributed by atoms with Crippen molar-refractivity contribution in [1.29, 1.82) is 0 Å². The van der Waals surface area contributed by atoms with Crippen LogP contribution in [0.2, 0.25) is 0 Å². The van der Waals surface area contributed by atoms with Crippen LogP contribution in [0.25, 0.3) is 0 Å². The van der Waals surface area contributed by atoms with Crippen LogP contribution in [0.5, 0.6) is 0 Å². The van der Waals surface area contributed by atoms with E-state index >= 15 is 0 Å². The molecule has 2 N–H and O–H groups in total. The molecule has 0 saturated carbocycles. The molecule has 12 heavy (non-hydrogen) atoms. The smallest absolute Gasteiger partial charge is 0.409 e. The molecule has 1 atom stereocenters. The number of alkyl carbamates (subject to hydrolysis) is 1. The second kappa shape index (κ2) is 4.98. The molecular weight excluding hydrogens is 158 g/mol. The Labute approximate surface area is 72.9 Å². The van der Waals surface area contributed by atoms with Crippen LogP contribution in [0.3, 0.4) is 0 Å². The topological polar surface area (TPSA) is 58.6 Å². The van der Waals surface area contributed by atoms with Gasteiger partial charge in [-0.15, -0.1) is 0 Å². The van der Waals surface area contributed by atoms with Crippen LogP contribution in [0.15, 0.2) is 0 Å². The number of hydrogen-bond donors (Lipinski definition) is 2. The second-order valence-electron chi connectivity index (χ2n) is 3.29. The molecule has 0 radical (unpaired) electrons. The molecule has 0 aromatic heterocycles. The number of rotatable bonds is 3. The average Bonchev–Trinajstić information content (AvgIpc) is 1.84. The fraction of sp³-hybridized carbons (Fsp3) is 0.875. The van der Waals surface area contributed by atoms with Gasteiger partial charge < -0.3 is 9.84 Å². The van der Waals surface area contributed by atoms with Gasteiger partial charge in [0.25, 0.3) is 0 Å². The molecule has 0 rings (SSSR count). The predicted molar refractivity (Wildman–Crippen MR) is 45.6 cm³/mol. The lowest BCUT2D eigenvalue weighted by Crippen LogP contribution is -2.39. The number of aliphatic hydroxyl groups is 1. The van der Waals surface area contributed by atoms with Crippen molar-refractivity contribution in [3.63, 3.8) is 0 Å². The minimum atomic E-state index is -0.837. The fourth-order valence-electron chi connectivity index (χ4n) is 0.536. The van der Waals surface area contributed by atoms with Gasteiger partial charge in [0, 0.05) is 0 Å². The molecule has 0 aromatic rings. The third-order valence-electron chi connectivity index (χ3n) is 1.24. The Balaban J connectivity index is 3.69. The SMILES string of the molecule is CC(C)OC(=O)NC(O)C(C)C. The number of ether oxygens (including phenoxy) is 1. The highest BCUT2D eigenvalue weighted by Crippen LogP contribution is 1.98. The van der Waals surface area contributed by atoms with Crippen molar-refractivity contribution in [1.82, 2.24) is 5.32 Å². The summed E-state index contributed by atoms with van der Waals surface area (Å²) < 4.78 is 4.76. The monoisotopic (exact) mass is 175 g/mol. The van der Waals surface area contributed by atoms with Crippen LogP contribution in [0, 0.1) is 5.92 Å². The molecule has 1 amide bonds. The maximum Gasteiger partial charge on any atom is 0.409 e. The summed E-state index contributed by atoms with van der Waals surface area (Å²) in [6, 6.07) is 0. The summed E-state index contributed by atoms with van der Waals surface area (Å²) in [5.41, 5.74) is 0. The van der Waals surface area contributed by atoms with Crippen LogP contribution in [-0.2, 0) is 4.74 Å². The van der Waals surface area contributed by atoms with E-state index in [0.717, 1.165) is 0 Å². The minimum Gasteiger partial charge on any atom is -0.447 e. The molecule has 0 bridgehead atoms. The summed E-state index contributed by atoms with van der Waals surface area (Å²) in [6.07, 6.45) is -1.58. The van der Waals surface area contributed by atoms with Gasteiger partial charge in [-0.05, 0) is 19.8 Å². The maximum absolute atomic E-state index is 10.9. The number of nitrogens with one attached hydrogen (secondary N) is 1. The Hall–Kier alpha value is -0.770. The first-order valence-electron chi connectivity index (χ1n) is 4.08. The van der Waals surface area contributed by atoms with Crippen molar-refractivity contribution in [2.24, 2.45) is 5.92 Å². The van der Waals surface area contributed by atoms with Gasteiger partial charge in [-0.1, -0.05) is 13.8 Å². The molecule has 1 unspecified atom stereocenters. The quantitative estimate of drug-likeness (QED) is 0.631. The Bertz CT molecular complexity index is 145. The van der Waals surface area contributed by atoms with Crippen LogP contribution >= 0.6 is 0 Å². The summed E-state index contributed by atoms with van der Waals surface area (Å²) in [7, 11) is 0. The zero-order valence-electron chi connectivity index (χ0n) is 8.00. The van der Waals surface area contributed by atoms with Crippen molar-refractivity contribution in [3.8, 4) is 0 Å². The molecule has 0 heterocycles. The molecule has 0 fully saturated rings. The van der Waals surface area contributed by atoms with Crippen molar-refractivity contribution < 1.29 is 14.6 Å². The van der Waals surface area contributed by atoms with E-state index in [4.69, 9.17) is 4.74 Å². The highest BCUT2D eigenvalue weighted by Gasteiger charge is 2.13. The minimum absolute atomic E-state index is 0.00953. The summed E-state index contributed by atoms with van der Waals surface area (Å²) in [5, 5.41) is 11.5. The molecule has 0 aliphatic carbocycles. The van der Waals surface area contributed by atoms with Crippen molar-refractivity contribution >= 4 is 6.09 Å². The number of carbonyl (C=O) groups is 1. The largest absolute Gasteiger partial charge is 0.447 e. The highest BCUT2D eigenvalue weighted by molar-refractivity contribution is 5.67. The van der Waals surface area contributed by atoms with Crippen LogP contribution < -0.4 is 5.32 Å². The van der Waals surface area contributed by atoms with E-state index in [1.165, 1.54) is 0 Å². The number of hydrogen-bond acceptors (Lipinski definition) is 3. The van der Waals surface area contributed by atoms with Gasteiger partial charge in [0.1, 0.15) is 6.23 Å². The van der Waals surface area contributed by atoms with Gasteiger partial charge in [-0.25, -0.2) is 4.79 Å². The summed E-state index contributed by atoms with van der Waals surface area (Å²) in [6.45, 7) is 7.11. The van der Waals surface area contributed by atoms with Gasteiger partial charge in [0.15, 0.2) is 0 Å². The van der Waals surface area contributed by atoms with Crippen molar-refractivity contribution in [2.75, 3.05) is 0 Å². The predicted octanol–water partition coefficient (Wildman–Crippen LogP) is 1.10. The van der Waals surface area contributed by atoms with Crippen LogP contribution in [-0.4, -0.2) is 23.5 Å². The maximum atomic E-state index is 10.9. The molecule has 4 heteroatoms.